The monoisotopic (exact) mass is 195 g/mol. The van der Waals surface area contributed by atoms with E-state index in [0.29, 0.717) is 18.5 Å². The van der Waals surface area contributed by atoms with Gasteiger partial charge < -0.3 is 5.73 Å². The van der Waals surface area contributed by atoms with Crippen molar-refractivity contribution in [2.45, 2.75) is 40.2 Å². The van der Waals surface area contributed by atoms with Crippen molar-refractivity contribution in [3.05, 3.63) is 17.5 Å². The number of rotatable bonds is 4. The minimum absolute atomic E-state index is 0.351. The number of hydrogen-bond donors (Lipinski definition) is 1. The highest BCUT2D eigenvalue weighted by atomic mass is 15.3. The highest BCUT2D eigenvalue weighted by molar-refractivity contribution is 5.07. The van der Waals surface area contributed by atoms with Crippen LogP contribution < -0.4 is 5.73 Å². The molecule has 0 aliphatic rings. The van der Waals surface area contributed by atoms with Crippen molar-refractivity contribution < 1.29 is 0 Å². The van der Waals surface area contributed by atoms with Gasteiger partial charge in [-0.1, -0.05) is 13.8 Å². The molecule has 1 aromatic heterocycles. The van der Waals surface area contributed by atoms with Gasteiger partial charge in [0.05, 0.1) is 11.7 Å². The topological polar surface area (TPSA) is 43.8 Å². The normalized spacial score (nSPS) is 13.6. The maximum atomic E-state index is 5.77. The van der Waals surface area contributed by atoms with Gasteiger partial charge in [-0.05, 0) is 32.3 Å². The molecule has 2 N–H and O–H groups in total. The minimum Gasteiger partial charge on any atom is -0.328 e. The summed E-state index contributed by atoms with van der Waals surface area (Å²) in [6.45, 7) is 9.21. The Morgan fingerprint density at radius 2 is 2.07 bits per heavy atom. The van der Waals surface area contributed by atoms with Gasteiger partial charge in [0, 0.05) is 12.2 Å². The van der Waals surface area contributed by atoms with Gasteiger partial charge in [-0.2, -0.15) is 5.10 Å². The molecule has 1 heterocycles. The van der Waals surface area contributed by atoms with Crippen LogP contribution in [0.1, 0.15) is 37.7 Å². The van der Waals surface area contributed by atoms with Crippen LogP contribution in [0.4, 0.5) is 0 Å². The summed E-state index contributed by atoms with van der Waals surface area (Å²) in [6, 6.07) is 2.45. The van der Waals surface area contributed by atoms with Crippen molar-refractivity contribution >= 4 is 0 Å². The summed E-state index contributed by atoms with van der Waals surface area (Å²) < 4.78 is 2.06. The van der Waals surface area contributed by atoms with Crippen molar-refractivity contribution in [2.75, 3.05) is 6.54 Å². The van der Waals surface area contributed by atoms with Gasteiger partial charge in [-0.15, -0.1) is 0 Å². The van der Waals surface area contributed by atoms with E-state index < -0.39 is 0 Å². The predicted molar refractivity (Wildman–Crippen MR) is 59.2 cm³/mol. The van der Waals surface area contributed by atoms with Crippen molar-refractivity contribution in [2.24, 2.45) is 11.7 Å². The maximum absolute atomic E-state index is 5.77. The lowest BCUT2D eigenvalue weighted by Gasteiger charge is -2.19. The smallest absolute Gasteiger partial charge is 0.0646 e. The molecular formula is C11H21N3. The van der Waals surface area contributed by atoms with E-state index >= 15 is 0 Å². The van der Waals surface area contributed by atoms with Crippen molar-refractivity contribution in [3.8, 4) is 0 Å². The second-order valence-electron chi connectivity index (χ2n) is 4.39. The van der Waals surface area contributed by atoms with Gasteiger partial charge in [0.25, 0.3) is 0 Å². The lowest BCUT2D eigenvalue weighted by atomic mass is 10.0. The van der Waals surface area contributed by atoms with Gasteiger partial charge in [0.15, 0.2) is 0 Å². The van der Waals surface area contributed by atoms with E-state index in [1.54, 1.807) is 0 Å². The SMILES string of the molecule is Cc1cc(C)n(C(CN)CC(C)C)n1. The first-order valence-corrected chi connectivity index (χ1v) is 5.27. The summed E-state index contributed by atoms with van der Waals surface area (Å²) in [5.41, 5.74) is 8.05. The molecule has 0 amide bonds. The van der Waals surface area contributed by atoms with E-state index in [2.05, 4.69) is 36.6 Å². The zero-order valence-corrected chi connectivity index (χ0v) is 9.62. The Bertz CT molecular complexity index is 289. The zero-order valence-electron chi connectivity index (χ0n) is 9.62. The Morgan fingerprint density at radius 3 is 2.43 bits per heavy atom. The van der Waals surface area contributed by atoms with E-state index in [4.69, 9.17) is 5.73 Å². The fourth-order valence-corrected chi connectivity index (χ4v) is 1.86. The van der Waals surface area contributed by atoms with Crippen molar-refractivity contribution in [1.29, 1.82) is 0 Å². The molecule has 80 valence electrons. The fraction of sp³-hybridized carbons (Fsp3) is 0.727. The summed E-state index contributed by atoms with van der Waals surface area (Å²) in [5.74, 6) is 0.660. The molecule has 0 fully saturated rings. The first-order valence-electron chi connectivity index (χ1n) is 5.27. The van der Waals surface area contributed by atoms with Gasteiger partial charge in [0.1, 0.15) is 0 Å². The predicted octanol–water partition coefficient (Wildman–Crippen LogP) is 2.05. The lowest BCUT2D eigenvalue weighted by Crippen LogP contribution is -2.22. The van der Waals surface area contributed by atoms with Crippen LogP contribution in [0.5, 0.6) is 0 Å². The van der Waals surface area contributed by atoms with Crippen LogP contribution in [0.3, 0.4) is 0 Å². The third kappa shape index (κ3) is 2.58. The first kappa shape index (κ1) is 11.2. The third-order valence-corrected chi connectivity index (χ3v) is 2.41. The van der Waals surface area contributed by atoms with E-state index in [1.807, 2.05) is 6.92 Å². The van der Waals surface area contributed by atoms with Crippen LogP contribution in [0, 0.1) is 19.8 Å². The molecule has 1 aromatic rings. The zero-order chi connectivity index (χ0) is 10.7. The van der Waals surface area contributed by atoms with E-state index in [0.717, 1.165) is 12.1 Å². The van der Waals surface area contributed by atoms with E-state index in [9.17, 15) is 0 Å². The Labute approximate surface area is 86.3 Å². The molecule has 0 saturated heterocycles. The van der Waals surface area contributed by atoms with Crippen LogP contribution in [0.2, 0.25) is 0 Å². The summed E-state index contributed by atoms with van der Waals surface area (Å²) in [7, 11) is 0. The average Bonchev–Trinajstić information content (AvgIpc) is 2.41. The van der Waals surface area contributed by atoms with Gasteiger partial charge in [-0.3, -0.25) is 4.68 Å². The number of nitrogens with two attached hydrogens (primary N) is 1. The number of hydrogen-bond acceptors (Lipinski definition) is 2. The van der Waals surface area contributed by atoms with Crippen LogP contribution in [-0.4, -0.2) is 16.3 Å². The van der Waals surface area contributed by atoms with E-state index in [-0.39, 0.29) is 0 Å². The van der Waals surface area contributed by atoms with Crippen LogP contribution in [-0.2, 0) is 0 Å². The molecule has 3 heteroatoms. The third-order valence-electron chi connectivity index (χ3n) is 2.41. The number of aryl methyl sites for hydroxylation is 2. The second kappa shape index (κ2) is 4.60. The maximum Gasteiger partial charge on any atom is 0.0646 e. The Hall–Kier alpha value is -0.830. The Kier molecular flexibility index (Phi) is 3.69. The summed E-state index contributed by atoms with van der Waals surface area (Å²) in [6.07, 6.45) is 1.10. The summed E-state index contributed by atoms with van der Waals surface area (Å²) in [5, 5.41) is 4.47. The standard InChI is InChI=1S/C11H21N3/c1-8(2)5-11(7-12)14-10(4)6-9(3)13-14/h6,8,11H,5,7,12H2,1-4H3. The van der Waals surface area contributed by atoms with Crippen LogP contribution in [0.15, 0.2) is 6.07 Å². The molecule has 0 saturated carbocycles. The first-order chi connectivity index (χ1) is 6.54. The summed E-state index contributed by atoms with van der Waals surface area (Å²) >= 11 is 0. The molecule has 1 unspecified atom stereocenters. The Morgan fingerprint density at radius 1 is 1.43 bits per heavy atom. The fourth-order valence-electron chi connectivity index (χ4n) is 1.86. The van der Waals surface area contributed by atoms with Crippen molar-refractivity contribution in [3.63, 3.8) is 0 Å². The molecule has 0 aliphatic heterocycles. The molecular weight excluding hydrogens is 174 g/mol. The highest BCUT2D eigenvalue weighted by Crippen LogP contribution is 2.18. The molecule has 0 aliphatic carbocycles. The largest absolute Gasteiger partial charge is 0.328 e. The second-order valence-corrected chi connectivity index (χ2v) is 4.39. The highest BCUT2D eigenvalue weighted by Gasteiger charge is 2.14. The van der Waals surface area contributed by atoms with Crippen LogP contribution >= 0.6 is 0 Å². The number of aromatic nitrogens is 2. The molecule has 0 aromatic carbocycles. The minimum atomic E-state index is 0.351. The van der Waals surface area contributed by atoms with Gasteiger partial charge >= 0.3 is 0 Å². The Balaban J connectivity index is 2.83. The molecule has 3 nitrogen and oxygen atoms in total. The lowest BCUT2D eigenvalue weighted by molar-refractivity contribution is 0.372. The molecule has 0 bridgehead atoms. The average molecular weight is 195 g/mol. The molecule has 0 spiro atoms. The molecule has 1 rings (SSSR count). The van der Waals surface area contributed by atoms with Gasteiger partial charge in [0.2, 0.25) is 0 Å². The van der Waals surface area contributed by atoms with Crippen LogP contribution in [0.25, 0.3) is 0 Å². The molecule has 1 atom stereocenters. The molecule has 0 radical (unpaired) electrons. The molecule has 14 heavy (non-hydrogen) atoms. The van der Waals surface area contributed by atoms with Crippen molar-refractivity contribution in [1.82, 2.24) is 9.78 Å². The van der Waals surface area contributed by atoms with E-state index in [1.165, 1.54) is 5.69 Å². The quantitative estimate of drug-likeness (QED) is 0.799. The summed E-state index contributed by atoms with van der Waals surface area (Å²) in [4.78, 5) is 0. The number of nitrogens with zero attached hydrogens (tertiary/aromatic N) is 2. The van der Waals surface area contributed by atoms with Gasteiger partial charge in [-0.25, -0.2) is 0 Å².